The Bertz CT molecular complexity index is 388. The van der Waals surface area contributed by atoms with Crippen LogP contribution in [0.1, 0.15) is 73.1 Å². The quantitative estimate of drug-likeness (QED) is 0.337. The Kier molecular flexibility index (Phi) is 15.1. The smallest absolute Gasteiger partial charge is 0.660 e. The minimum absolute atomic E-state index is 0. The van der Waals surface area contributed by atoms with Crippen LogP contribution >= 0.6 is 0 Å². The molecule has 4 heteroatoms. The van der Waals surface area contributed by atoms with Crippen molar-refractivity contribution < 1.29 is 21.7 Å². The van der Waals surface area contributed by atoms with E-state index < -0.39 is 8.24 Å². The number of fused-ring (bicyclic) bond motifs is 1. The third kappa shape index (κ3) is 7.55. The van der Waals surface area contributed by atoms with Crippen LogP contribution in [0.5, 0.6) is 0 Å². The number of hydrogen-bond donors (Lipinski definition) is 0. The van der Waals surface area contributed by atoms with E-state index in [-0.39, 0.29) is 57.0 Å². The Balaban J connectivity index is -0.00000115. The molecule has 3 rings (SSSR count). The van der Waals surface area contributed by atoms with Gasteiger partial charge in [-0.05, 0) is 50.6 Å². The van der Waals surface area contributed by atoms with E-state index in [1.54, 1.807) is 0 Å². The molecule has 160 valence electrons. The Morgan fingerprint density at radius 1 is 0.852 bits per heavy atom. The maximum atomic E-state index is 5.40. The summed E-state index contributed by atoms with van der Waals surface area (Å²) in [5.74, 6) is 1.99. The molecule has 0 aromatic carbocycles. The minimum Gasteiger partial charge on any atom is -0.660 e. The van der Waals surface area contributed by atoms with Crippen LogP contribution in [-0.4, -0.2) is 37.8 Å². The zero-order chi connectivity index (χ0) is 16.0. The summed E-state index contributed by atoms with van der Waals surface area (Å²) in [4.78, 5) is 8.26. The monoisotopic (exact) mass is 430 g/mol. The first-order chi connectivity index (χ1) is 10.3. The van der Waals surface area contributed by atoms with Gasteiger partial charge in [0.1, 0.15) is 0 Å². The summed E-state index contributed by atoms with van der Waals surface area (Å²) < 4.78 is 0. The van der Waals surface area contributed by atoms with Crippen molar-refractivity contribution in [2.24, 2.45) is 11.8 Å². The summed E-state index contributed by atoms with van der Waals surface area (Å²) in [6.07, 6.45) is 10.3. The molecule has 27 heavy (non-hydrogen) atoms. The minimum atomic E-state index is -1.51. The van der Waals surface area contributed by atoms with E-state index in [0.717, 1.165) is 23.4 Å². The number of hydrogen-bond acceptors (Lipinski definition) is 1. The molecule has 1 aliphatic heterocycles. The van der Waals surface area contributed by atoms with Gasteiger partial charge in [-0.1, -0.05) is 74.3 Å². The summed E-state index contributed by atoms with van der Waals surface area (Å²) in [7, 11) is -1.51. The Morgan fingerprint density at radius 3 is 1.81 bits per heavy atom. The SMILES string of the molecule is C.CC(C)(C)[N-][Si](C)(C)C1CC(N2CCCC2)C2CCCCC21.[CH3-].[CH3-].[CH3-].[Ti+4]. The van der Waals surface area contributed by atoms with Gasteiger partial charge in [0.2, 0.25) is 0 Å². The summed E-state index contributed by atoms with van der Waals surface area (Å²) in [5.41, 5.74) is 1.08. The Labute approximate surface area is 190 Å². The molecule has 4 unspecified atom stereocenters. The molecule has 3 aliphatic rings. The van der Waals surface area contributed by atoms with Crippen molar-refractivity contribution >= 4 is 8.24 Å². The van der Waals surface area contributed by atoms with Gasteiger partial charge in [-0.15, -0.1) is 5.54 Å². The van der Waals surface area contributed by atoms with Crippen LogP contribution in [0.25, 0.3) is 4.98 Å². The van der Waals surface area contributed by atoms with Gasteiger partial charge in [0.15, 0.2) is 0 Å². The topological polar surface area (TPSA) is 17.3 Å². The predicted octanol–water partition coefficient (Wildman–Crippen LogP) is 7.39. The molecule has 2 nitrogen and oxygen atoms in total. The molecule has 0 N–H and O–H groups in total. The van der Waals surface area contributed by atoms with E-state index in [0.29, 0.717) is 0 Å². The van der Waals surface area contributed by atoms with Crippen LogP contribution in [0.3, 0.4) is 0 Å². The van der Waals surface area contributed by atoms with Crippen molar-refractivity contribution in [3.8, 4) is 0 Å². The zero-order valence-corrected chi connectivity index (χ0v) is 21.6. The van der Waals surface area contributed by atoms with Crippen LogP contribution in [0.15, 0.2) is 0 Å². The van der Waals surface area contributed by atoms with Crippen molar-refractivity contribution in [1.29, 1.82) is 0 Å². The first kappa shape index (κ1) is 32.5. The number of likely N-dealkylation sites (tertiary alicyclic amines) is 1. The summed E-state index contributed by atoms with van der Waals surface area (Å²) in [5, 5.41) is 0. The molecule has 0 radical (unpaired) electrons. The maximum Gasteiger partial charge on any atom is 4.00 e. The fourth-order valence-corrected chi connectivity index (χ4v) is 10.2. The fraction of sp³-hybridized carbons (Fsp3) is 0.870. The van der Waals surface area contributed by atoms with Gasteiger partial charge in [0.05, 0.1) is 0 Å². The molecule has 1 saturated heterocycles. The van der Waals surface area contributed by atoms with Crippen LogP contribution in [0, 0.1) is 34.1 Å². The second-order valence-corrected chi connectivity index (χ2v) is 14.0. The largest absolute Gasteiger partial charge is 4.00 e. The van der Waals surface area contributed by atoms with Gasteiger partial charge in [-0.25, -0.2) is 0 Å². The molecule has 1 heterocycles. The molecular weight excluding hydrogens is 380 g/mol. The van der Waals surface area contributed by atoms with Crippen molar-refractivity contribution in [2.45, 2.75) is 103 Å². The van der Waals surface area contributed by atoms with Crippen LogP contribution in [-0.2, 0) is 21.7 Å². The average Bonchev–Trinajstić information content (AvgIpc) is 3.02. The van der Waals surface area contributed by atoms with Crippen molar-refractivity contribution in [1.82, 2.24) is 4.90 Å². The van der Waals surface area contributed by atoms with Gasteiger partial charge in [0, 0.05) is 6.04 Å². The van der Waals surface area contributed by atoms with Gasteiger partial charge >= 0.3 is 21.7 Å². The maximum absolute atomic E-state index is 5.40. The second-order valence-electron chi connectivity index (χ2n) is 9.70. The van der Waals surface area contributed by atoms with E-state index in [1.165, 1.54) is 58.0 Å². The third-order valence-electron chi connectivity index (χ3n) is 6.52. The van der Waals surface area contributed by atoms with E-state index in [9.17, 15) is 0 Å². The Hall–Kier alpha value is 0.851. The summed E-state index contributed by atoms with van der Waals surface area (Å²) >= 11 is 0. The van der Waals surface area contributed by atoms with Gasteiger partial charge in [-0.3, -0.25) is 0 Å². The van der Waals surface area contributed by atoms with Crippen LogP contribution in [0.4, 0.5) is 0 Å². The first-order valence-electron chi connectivity index (χ1n) is 9.76. The molecule has 0 spiro atoms. The summed E-state index contributed by atoms with van der Waals surface area (Å²) in [6, 6.07) is 0.903. The molecule has 2 aliphatic carbocycles. The van der Waals surface area contributed by atoms with Gasteiger partial charge < -0.3 is 32.2 Å². The molecule has 2 saturated carbocycles. The average molecular weight is 431 g/mol. The van der Waals surface area contributed by atoms with Crippen LogP contribution < -0.4 is 0 Å². The molecule has 4 atom stereocenters. The summed E-state index contributed by atoms with van der Waals surface area (Å²) in [6.45, 7) is 14.8. The van der Waals surface area contributed by atoms with Crippen molar-refractivity contribution in [2.75, 3.05) is 13.1 Å². The molecule has 3 fully saturated rings. The molecule has 0 amide bonds. The van der Waals surface area contributed by atoms with Crippen LogP contribution in [0.2, 0.25) is 18.6 Å². The molecule has 0 bridgehead atoms. The zero-order valence-electron chi connectivity index (χ0n) is 19.1. The van der Waals surface area contributed by atoms with E-state index >= 15 is 0 Å². The second kappa shape index (κ2) is 12.5. The molecular formula is C23H50N2SiTi. The van der Waals surface area contributed by atoms with Crippen molar-refractivity contribution in [3.05, 3.63) is 27.3 Å². The standard InChI is InChI=1S/C19H37N2Si.CH4.3CH3.Ti/c1-19(2,3)20-22(4,5)18-14-17(21-12-8-9-13-21)15-10-6-7-11-16(15)18;;;;;/h15-18H,6-14H2,1-5H3;1H4;3*1H3;/q-1;;3*-1;+4. The van der Waals surface area contributed by atoms with E-state index in [4.69, 9.17) is 4.98 Å². The normalized spacial score (nSPS) is 30.6. The number of nitrogens with zero attached hydrogens (tertiary/aromatic N) is 2. The van der Waals surface area contributed by atoms with Gasteiger partial charge in [0.25, 0.3) is 0 Å². The fourth-order valence-electron chi connectivity index (χ4n) is 6.03. The predicted molar refractivity (Wildman–Crippen MR) is 125 cm³/mol. The molecule has 0 aromatic rings. The van der Waals surface area contributed by atoms with Gasteiger partial charge in [-0.2, -0.15) is 0 Å². The third-order valence-corrected chi connectivity index (χ3v) is 10.2. The molecule has 0 aromatic heterocycles. The van der Waals surface area contributed by atoms with Crippen molar-refractivity contribution in [3.63, 3.8) is 0 Å². The Morgan fingerprint density at radius 2 is 1.33 bits per heavy atom. The number of rotatable bonds is 3. The van der Waals surface area contributed by atoms with E-state index in [1.807, 2.05) is 0 Å². The first-order valence-corrected chi connectivity index (χ1v) is 12.8. The van der Waals surface area contributed by atoms with E-state index in [2.05, 4.69) is 38.8 Å².